The summed E-state index contributed by atoms with van der Waals surface area (Å²) in [7, 11) is 4.17. The monoisotopic (exact) mass is 176 g/mol. The van der Waals surface area contributed by atoms with Gasteiger partial charge in [-0.15, -0.1) is 11.6 Å². The van der Waals surface area contributed by atoms with E-state index in [1.807, 2.05) is 7.05 Å². The Morgan fingerprint density at radius 1 is 1.45 bits per heavy atom. The van der Waals surface area contributed by atoms with E-state index in [9.17, 15) is 0 Å². The average Bonchev–Trinajstić information content (AvgIpc) is 2.34. The zero-order valence-electron chi connectivity index (χ0n) is 7.31. The van der Waals surface area contributed by atoms with Gasteiger partial charge in [0.2, 0.25) is 0 Å². The van der Waals surface area contributed by atoms with Crippen LogP contribution < -0.4 is 5.32 Å². The van der Waals surface area contributed by atoms with Crippen molar-refractivity contribution < 1.29 is 0 Å². The van der Waals surface area contributed by atoms with Crippen LogP contribution in [0.1, 0.15) is 12.8 Å². The summed E-state index contributed by atoms with van der Waals surface area (Å²) in [6.45, 7) is 1.09. The van der Waals surface area contributed by atoms with Crippen LogP contribution in [0.3, 0.4) is 0 Å². The molecular formula is C8H17ClN2. The maximum Gasteiger partial charge on any atom is 0.0379 e. The Morgan fingerprint density at radius 3 is 2.55 bits per heavy atom. The maximum absolute atomic E-state index is 5.81. The number of hydrogen-bond donors (Lipinski definition) is 1. The van der Waals surface area contributed by atoms with Crippen molar-refractivity contribution in [3.05, 3.63) is 0 Å². The van der Waals surface area contributed by atoms with Crippen LogP contribution in [0.15, 0.2) is 0 Å². The van der Waals surface area contributed by atoms with Crippen molar-refractivity contribution in [3.8, 4) is 0 Å². The van der Waals surface area contributed by atoms with Crippen molar-refractivity contribution in [2.75, 3.05) is 26.5 Å². The summed E-state index contributed by atoms with van der Waals surface area (Å²) in [6, 6.07) is 1.30. The summed E-state index contributed by atoms with van der Waals surface area (Å²) >= 11 is 5.81. The number of nitrogens with zero attached hydrogens (tertiary/aromatic N) is 1. The maximum atomic E-state index is 5.81. The van der Waals surface area contributed by atoms with E-state index in [1.54, 1.807) is 0 Å². The number of alkyl halides is 1. The van der Waals surface area contributed by atoms with Crippen LogP contribution in [0.5, 0.6) is 0 Å². The van der Waals surface area contributed by atoms with E-state index in [0.717, 1.165) is 12.4 Å². The number of likely N-dealkylation sites (N-methyl/N-ethyl adjacent to an activating group) is 2. The minimum Gasteiger partial charge on any atom is -0.318 e. The molecule has 66 valence electrons. The molecule has 0 radical (unpaired) electrons. The van der Waals surface area contributed by atoms with Gasteiger partial charge in [0.1, 0.15) is 0 Å². The summed E-state index contributed by atoms with van der Waals surface area (Å²) in [5, 5.41) is 3.20. The van der Waals surface area contributed by atoms with Gasteiger partial charge in [-0.2, -0.15) is 0 Å². The number of hydrogen-bond acceptors (Lipinski definition) is 2. The van der Waals surface area contributed by atoms with Crippen molar-refractivity contribution in [1.82, 2.24) is 10.2 Å². The predicted molar refractivity (Wildman–Crippen MR) is 49.2 cm³/mol. The molecule has 3 heteroatoms. The van der Waals surface area contributed by atoms with Gasteiger partial charge >= 0.3 is 0 Å². The zero-order valence-corrected chi connectivity index (χ0v) is 8.06. The second-order valence-electron chi connectivity index (χ2n) is 3.26. The highest BCUT2D eigenvalue weighted by atomic mass is 35.5. The molecule has 2 nitrogen and oxygen atoms in total. The number of likely N-dealkylation sites (tertiary alicyclic amines) is 1. The van der Waals surface area contributed by atoms with Crippen molar-refractivity contribution in [2.24, 2.45) is 0 Å². The van der Waals surface area contributed by atoms with Crippen molar-refractivity contribution >= 4 is 11.6 Å². The number of halogens is 1. The molecule has 1 aliphatic rings. The number of rotatable bonds is 3. The summed E-state index contributed by atoms with van der Waals surface area (Å²) in [5.74, 6) is 0.775. The van der Waals surface area contributed by atoms with Gasteiger partial charge in [0, 0.05) is 24.5 Å². The summed E-state index contributed by atoms with van der Waals surface area (Å²) in [5.41, 5.74) is 0. The molecule has 2 unspecified atom stereocenters. The van der Waals surface area contributed by atoms with E-state index in [1.165, 1.54) is 12.8 Å². The summed E-state index contributed by atoms with van der Waals surface area (Å²) in [6.07, 6.45) is 2.54. The van der Waals surface area contributed by atoms with Gasteiger partial charge in [0.05, 0.1) is 0 Å². The Hall–Kier alpha value is 0.210. The van der Waals surface area contributed by atoms with Crippen LogP contribution in [0.4, 0.5) is 0 Å². The Balaban J connectivity index is 2.35. The molecule has 1 heterocycles. The normalized spacial score (nSPS) is 33.0. The first-order valence-corrected chi connectivity index (χ1v) is 4.75. The quantitative estimate of drug-likeness (QED) is 0.644. The van der Waals surface area contributed by atoms with Crippen molar-refractivity contribution in [1.29, 1.82) is 0 Å². The van der Waals surface area contributed by atoms with Crippen LogP contribution in [-0.2, 0) is 0 Å². The first kappa shape index (κ1) is 9.30. The fraction of sp³-hybridized carbons (Fsp3) is 1.00. The molecule has 0 amide bonds. The van der Waals surface area contributed by atoms with Crippen LogP contribution in [-0.4, -0.2) is 43.5 Å². The van der Waals surface area contributed by atoms with Gasteiger partial charge < -0.3 is 5.32 Å². The van der Waals surface area contributed by atoms with Crippen LogP contribution >= 0.6 is 11.6 Å². The molecule has 11 heavy (non-hydrogen) atoms. The lowest BCUT2D eigenvalue weighted by atomic mass is 10.2. The van der Waals surface area contributed by atoms with E-state index >= 15 is 0 Å². The van der Waals surface area contributed by atoms with Crippen LogP contribution in [0.25, 0.3) is 0 Å². The molecule has 1 fully saturated rings. The van der Waals surface area contributed by atoms with E-state index in [2.05, 4.69) is 17.3 Å². The summed E-state index contributed by atoms with van der Waals surface area (Å²) < 4.78 is 0. The highest BCUT2D eigenvalue weighted by Gasteiger charge is 2.28. The molecule has 0 bridgehead atoms. The van der Waals surface area contributed by atoms with Crippen molar-refractivity contribution in [2.45, 2.75) is 24.9 Å². The fourth-order valence-electron chi connectivity index (χ4n) is 1.76. The van der Waals surface area contributed by atoms with E-state index < -0.39 is 0 Å². The number of nitrogens with one attached hydrogen (secondary N) is 1. The zero-order chi connectivity index (χ0) is 8.27. The molecular weight excluding hydrogens is 160 g/mol. The lowest BCUT2D eigenvalue weighted by molar-refractivity contribution is 0.252. The van der Waals surface area contributed by atoms with Crippen molar-refractivity contribution in [3.63, 3.8) is 0 Å². The molecule has 0 spiro atoms. The fourth-order valence-corrected chi connectivity index (χ4v) is 2.13. The van der Waals surface area contributed by atoms with Gasteiger partial charge in [-0.25, -0.2) is 0 Å². The van der Waals surface area contributed by atoms with Gasteiger partial charge in [-0.05, 0) is 26.9 Å². The first-order chi connectivity index (χ1) is 5.29. The smallest absolute Gasteiger partial charge is 0.0379 e. The van der Waals surface area contributed by atoms with Gasteiger partial charge in [0.15, 0.2) is 0 Å². The molecule has 2 atom stereocenters. The lowest BCUT2D eigenvalue weighted by Crippen LogP contribution is -2.38. The van der Waals surface area contributed by atoms with E-state index in [4.69, 9.17) is 11.6 Å². The largest absolute Gasteiger partial charge is 0.318 e. The van der Waals surface area contributed by atoms with Crippen LogP contribution in [0.2, 0.25) is 0 Å². The van der Waals surface area contributed by atoms with E-state index in [-0.39, 0.29) is 0 Å². The second-order valence-corrected chi connectivity index (χ2v) is 3.57. The van der Waals surface area contributed by atoms with E-state index in [0.29, 0.717) is 12.1 Å². The Labute approximate surface area is 73.9 Å². The minimum absolute atomic E-state index is 0.606. The molecule has 0 aromatic heterocycles. The molecule has 1 N–H and O–H groups in total. The molecule has 0 aromatic carbocycles. The standard InChI is InChI=1S/C8H17ClN2/c1-10-6-8-4-3-7(5-9)11(8)2/h7-8,10H,3-6H2,1-2H3. The molecule has 1 saturated heterocycles. The lowest BCUT2D eigenvalue weighted by Gasteiger charge is -2.23. The predicted octanol–water partition coefficient (Wildman–Crippen LogP) is 0.907. The van der Waals surface area contributed by atoms with Crippen LogP contribution in [0, 0.1) is 0 Å². The average molecular weight is 177 g/mol. The molecule has 0 saturated carbocycles. The molecule has 1 aliphatic heterocycles. The topological polar surface area (TPSA) is 15.3 Å². The van der Waals surface area contributed by atoms with Gasteiger partial charge in [0.25, 0.3) is 0 Å². The highest BCUT2D eigenvalue weighted by molar-refractivity contribution is 6.18. The highest BCUT2D eigenvalue weighted by Crippen LogP contribution is 2.22. The molecule has 0 aliphatic carbocycles. The SMILES string of the molecule is CNCC1CCC(CCl)N1C. The summed E-state index contributed by atoms with van der Waals surface area (Å²) in [4.78, 5) is 2.39. The molecule has 1 rings (SSSR count). The minimum atomic E-state index is 0.606. The third-order valence-corrected chi connectivity index (χ3v) is 2.96. The Bertz CT molecular complexity index is 119. The Kier molecular flexibility index (Phi) is 3.63. The first-order valence-electron chi connectivity index (χ1n) is 4.22. The molecule has 0 aromatic rings. The third kappa shape index (κ3) is 2.08. The van der Waals surface area contributed by atoms with Gasteiger partial charge in [-0.3, -0.25) is 4.90 Å². The van der Waals surface area contributed by atoms with Gasteiger partial charge in [-0.1, -0.05) is 0 Å². The Morgan fingerprint density at radius 2 is 2.09 bits per heavy atom. The third-order valence-electron chi connectivity index (χ3n) is 2.60. The second kappa shape index (κ2) is 4.29.